The molecular weight excluding hydrogens is 286 g/mol. The lowest BCUT2D eigenvalue weighted by Gasteiger charge is -2.05. The van der Waals surface area contributed by atoms with E-state index in [0.29, 0.717) is 11.3 Å². The third-order valence-electron chi connectivity index (χ3n) is 2.74. The van der Waals surface area contributed by atoms with Crippen LogP contribution in [0.4, 0.5) is 0 Å². The van der Waals surface area contributed by atoms with Gasteiger partial charge in [-0.3, -0.25) is 14.8 Å². The summed E-state index contributed by atoms with van der Waals surface area (Å²) in [7, 11) is 1.53. The Morgan fingerprint density at radius 2 is 1.91 bits per heavy atom. The van der Waals surface area contributed by atoms with Gasteiger partial charge in [0.2, 0.25) is 0 Å². The highest BCUT2D eigenvalue weighted by molar-refractivity contribution is 5.97. The van der Waals surface area contributed by atoms with Gasteiger partial charge in [0.25, 0.3) is 5.91 Å². The second-order valence-electron chi connectivity index (χ2n) is 4.46. The van der Waals surface area contributed by atoms with E-state index in [0.717, 1.165) is 5.57 Å². The summed E-state index contributed by atoms with van der Waals surface area (Å²) in [6.07, 6.45) is 4.62. The fourth-order valence-electron chi connectivity index (χ4n) is 1.55. The van der Waals surface area contributed by atoms with Crippen molar-refractivity contribution in [1.29, 1.82) is 0 Å². The predicted molar refractivity (Wildman–Crippen MR) is 80.7 cm³/mol. The number of hydrogen-bond acceptors (Lipinski definition) is 5. The first kappa shape index (κ1) is 17.6. The molecule has 2 N–H and O–H groups in total. The first-order valence-corrected chi connectivity index (χ1v) is 6.60. The average Bonchev–Trinajstić information content (AvgIpc) is 2.55. The largest absolute Gasteiger partial charge is 0.468 e. The van der Waals surface area contributed by atoms with E-state index in [1.165, 1.54) is 24.7 Å². The van der Waals surface area contributed by atoms with Gasteiger partial charge in [0.15, 0.2) is 12.6 Å². The Balaban J connectivity index is 2.57. The van der Waals surface area contributed by atoms with Crippen molar-refractivity contribution in [3.05, 3.63) is 53.6 Å². The number of rotatable bonds is 8. The van der Waals surface area contributed by atoms with Gasteiger partial charge in [0, 0.05) is 25.2 Å². The number of ketones is 1. The van der Waals surface area contributed by atoms with Gasteiger partial charge in [0.1, 0.15) is 5.75 Å². The summed E-state index contributed by atoms with van der Waals surface area (Å²) in [5.74, 6) is -0.0357. The van der Waals surface area contributed by atoms with Crippen LogP contribution in [0.1, 0.15) is 23.7 Å². The van der Waals surface area contributed by atoms with E-state index < -0.39 is 5.91 Å². The molecule has 0 unspecified atom stereocenters. The summed E-state index contributed by atoms with van der Waals surface area (Å²) >= 11 is 0. The number of hydrogen-bond donors (Lipinski definition) is 2. The highest BCUT2D eigenvalue weighted by Crippen LogP contribution is 2.14. The van der Waals surface area contributed by atoms with Gasteiger partial charge < -0.3 is 9.47 Å². The smallest absolute Gasteiger partial charge is 0.267 e. The molecule has 1 rings (SSSR count). The SMILES string of the molecule is COCOc1ccc(C(=O)C/C=C(C)/C=C/C(=O)NO)cc1. The maximum atomic E-state index is 12.0. The van der Waals surface area contributed by atoms with Gasteiger partial charge >= 0.3 is 0 Å². The fourth-order valence-corrected chi connectivity index (χ4v) is 1.55. The van der Waals surface area contributed by atoms with Crippen molar-refractivity contribution in [2.24, 2.45) is 0 Å². The number of Topliss-reactive ketones (excluding diaryl/α,β-unsaturated/α-hetero) is 1. The van der Waals surface area contributed by atoms with Gasteiger partial charge in [-0.05, 0) is 31.2 Å². The zero-order valence-electron chi connectivity index (χ0n) is 12.5. The van der Waals surface area contributed by atoms with Crippen molar-refractivity contribution in [1.82, 2.24) is 5.48 Å². The van der Waals surface area contributed by atoms with Crippen LogP contribution in [0.5, 0.6) is 5.75 Å². The molecule has 0 aliphatic heterocycles. The quantitative estimate of drug-likeness (QED) is 0.192. The van der Waals surface area contributed by atoms with Crippen molar-refractivity contribution in [2.45, 2.75) is 13.3 Å². The Morgan fingerprint density at radius 1 is 1.23 bits per heavy atom. The van der Waals surface area contributed by atoms with Crippen LogP contribution in [0.25, 0.3) is 0 Å². The lowest BCUT2D eigenvalue weighted by Crippen LogP contribution is -2.14. The van der Waals surface area contributed by atoms with Gasteiger partial charge in [-0.25, -0.2) is 5.48 Å². The van der Waals surface area contributed by atoms with E-state index in [-0.39, 0.29) is 19.0 Å². The fraction of sp³-hybridized carbons (Fsp3) is 0.250. The Labute approximate surface area is 129 Å². The Bertz CT molecular complexity index is 560. The zero-order valence-corrected chi connectivity index (χ0v) is 12.5. The molecule has 0 aromatic heterocycles. The van der Waals surface area contributed by atoms with Crippen LogP contribution in [0.3, 0.4) is 0 Å². The summed E-state index contributed by atoms with van der Waals surface area (Å²) in [4.78, 5) is 22.8. The Hall–Kier alpha value is -2.44. The van der Waals surface area contributed by atoms with E-state index in [1.807, 2.05) is 0 Å². The molecule has 1 aromatic rings. The summed E-state index contributed by atoms with van der Waals surface area (Å²) in [5.41, 5.74) is 2.81. The number of benzene rings is 1. The molecular formula is C16H19NO5. The second kappa shape index (κ2) is 9.49. The summed E-state index contributed by atoms with van der Waals surface area (Å²) < 4.78 is 10.0. The lowest BCUT2D eigenvalue weighted by atomic mass is 10.1. The highest BCUT2D eigenvalue weighted by Gasteiger charge is 2.04. The molecule has 0 spiro atoms. The molecule has 6 heteroatoms. The van der Waals surface area contributed by atoms with Crippen LogP contribution >= 0.6 is 0 Å². The Kier molecular flexibility index (Phi) is 7.60. The maximum Gasteiger partial charge on any atom is 0.267 e. The number of allylic oxidation sites excluding steroid dienone is 3. The number of amides is 1. The number of ether oxygens (including phenoxy) is 2. The molecule has 1 amide bonds. The maximum absolute atomic E-state index is 12.0. The van der Waals surface area contributed by atoms with Gasteiger partial charge in [-0.15, -0.1) is 0 Å². The van der Waals surface area contributed by atoms with Crippen LogP contribution < -0.4 is 10.2 Å². The number of carbonyl (C=O) groups is 2. The van der Waals surface area contributed by atoms with E-state index >= 15 is 0 Å². The monoisotopic (exact) mass is 305 g/mol. The molecule has 118 valence electrons. The molecule has 0 saturated heterocycles. The number of carbonyl (C=O) groups excluding carboxylic acids is 2. The van der Waals surface area contributed by atoms with E-state index in [4.69, 9.17) is 14.7 Å². The average molecular weight is 305 g/mol. The molecule has 0 aliphatic carbocycles. The van der Waals surface area contributed by atoms with Crippen LogP contribution in [-0.4, -0.2) is 30.8 Å². The second-order valence-corrected chi connectivity index (χ2v) is 4.46. The molecule has 6 nitrogen and oxygen atoms in total. The number of hydroxylamine groups is 1. The molecule has 0 fully saturated rings. The first-order valence-electron chi connectivity index (χ1n) is 6.60. The summed E-state index contributed by atoms with van der Waals surface area (Å²) in [5, 5.41) is 8.35. The predicted octanol–water partition coefficient (Wildman–Crippen LogP) is 2.25. The highest BCUT2D eigenvalue weighted by atomic mass is 16.7. The lowest BCUT2D eigenvalue weighted by molar-refractivity contribution is -0.124. The normalized spacial score (nSPS) is 11.5. The van der Waals surface area contributed by atoms with Crippen LogP contribution in [0.2, 0.25) is 0 Å². The van der Waals surface area contributed by atoms with E-state index in [1.54, 1.807) is 37.3 Å². The van der Waals surface area contributed by atoms with Crippen molar-refractivity contribution in [3.63, 3.8) is 0 Å². The van der Waals surface area contributed by atoms with Crippen LogP contribution in [-0.2, 0) is 9.53 Å². The number of methoxy groups -OCH3 is 1. The van der Waals surface area contributed by atoms with Gasteiger partial charge in [0.05, 0.1) is 0 Å². The summed E-state index contributed by atoms with van der Waals surface area (Å²) in [6, 6.07) is 6.78. The standard InChI is InChI=1S/C16H19NO5/c1-12(4-10-16(19)17-20)3-9-15(18)13-5-7-14(8-6-13)22-11-21-2/h3-8,10,20H,9,11H2,1-2H3,(H,17,19)/b10-4+,12-3+. The minimum absolute atomic E-state index is 0.0438. The van der Waals surface area contributed by atoms with E-state index in [2.05, 4.69) is 0 Å². The molecule has 1 aromatic carbocycles. The molecule has 0 saturated carbocycles. The first-order chi connectivity index (χ1) is 10.6. The van der Waals surface area contributed by atoms with Crippen molar-refractivity contribution in [2.75, 3.05) is 13.9 Å². The minimum Gasteiger partial charge on any atom is -0.468 e. The third kappa shape index (κ3) is 6.34. The molecule has 22 heavy (non-hydrogen) atoms. The van der Waals surface area contributed by atoms with Crippen molar-refractivity contribution in [3.8, 4) is 5.75 Å². The summed E-state index contributed by atoms with van der Waals surface area (Å²) in [6.45, 7) is 1.92. The molecule has 0 aliphatic rings. The molecule has 0 bridgehead atoms. The minimum atomic E-state index is -0.620. The van der Waals surface area contributed by atoms with Crippen molar-refractivity contribution < 1.29 is 24.3 Å². The van der Waals surface area contributed by atoms with Crippen LogP contribution in [0.15, 0.2) is 48.1 Å². The Morgan fingerprint density at radius 3 is 2.50 bits per heavy atom. The van der Waals surface area contributed by atoms with Crippen LogP contribution in [0, 0.1) is 0 Å². The van der Waals surface area contributed by atoms with E-state index in [9.17, 15) is 9.59 Å². The number of nitrogens with one attached hydrogen (secondary N) is 1. The zero-order chi connectivity index (χ0) is 16.4. The van der Waals surface area contributed by atoms with Gasteiger partial charge in [-0.1, -0.05) is 17.7 Å². The molecule has 0 radical (unpaired) electrons. The third-order valence-corrected chi connectivity index (χ3v) is 2.74. The van der Waals surface area contributed by atoms with Crippen molar-refractivity contribution >= 4 is 11.7 Å². The molecule has 0 heterocycles. The van der Waals surface area contributed by atoms with Gasteiger partial charge in [-0.2, -0.15) is 0 Å². The molecule has 0 atom stereocenters. The topological polar surface area (TPSA) is 84.9 Å².